The van der Waals surface area contributed by atoms with E-state index < -0.39 is 133 Å². The Balaban J connectivity index is 0.000000184. The molecule has 0 unspecified atom stereocenters. The molecule has 33 nitrogen and oxygen atoms in total. The molecule has 10 aliphatic heterocycles. The Kier molecular flexibility index (Phi) is 28.2. The van der Waals surface area contributed by atoms with E-state index in [1.54, 1.807) is 0 Å². The standard InChI is InChI=1S/C15H16O9.2C11H14O6.C11H16O6.C11H14O6/c1-8(16)2-4-12(19)23-9-6-21-15-10(7-22-14(9)15)24-13(20)5-3-11(17)18;2*1-6-4-15-11-7(5-16-10(6)11)17-9(14)3-2-8(12)13;2*1-6(12)2-3-9(14)17-8-5-16-10-7(13)4-15-11(8)10/h2-5,9-10,14-15H,6-7H2,1H3,(H,17,18);2*2-3,6-7,10-11H,4-5H2,1H3,(H,12,13);7-8,10-13H,1-5H2;2-3,7-8,10-11,13H,4-5H2,1H3/b4-2+,5-3+;2*3-2+;;3-2+/t9-,10-,14-,15-;2*6-,7-,10-,11-;2*7-,8-,10-,11-/m11111/s1. The first-order chi connectivity index (χ1) is 43.7. The summed E-state index contributed by atoms with van der Waals surface area (Å²) < 4.78 is 84.7. The van der Waals surface area contributed by atoms with Crippen molar-refractivity contribution in [2.24, 2.45) is 11.8 Å². The van der Waals surface area contributed by atoms with Gasteiger partial charge in [-0.05, 0) is 26.0 Å². The quantitative estimate of drug-likeness (QED) is 0.0369. The number of fused-ring (bicyclic) bond motifs is 5. The topological polar surface area (TPSA) is 457 Å². The summed E-state index contributed by atoms with van der Waals surface area (Å²) in [7, 11) is 0. The minimum Gasteiger partial charge on any atom is -0.513 e. The molecule has 508 valence electrons. The average Bonchev–Trinajstić information content (AvgIpc) is 1.72. The van der Waals surface area contributed by atoms with E-state index in [2.05, 4.69) is 6.58 Å². The zero-order valence-electron chi connectivity index (χ0n) is 50.2. The van der Waals surface area contributed by atoms with Gasteiger partial charge in [-0.15, -0.1) is 0 Å². The van der Waals surface area contributed by atoms with Crippen molar-refractivity contribution < 1.29 is 159 Å². The number of carboxylic acid groups (broad SMARTS) is 3. The first-order valence-corrected chi connectivity index (χ1v) is 28.9. The number of aliphatic hydroxyl groups excluding tert-OH is 3. The summed E-state index contributed by atoms with van der Waals surface area (Å²) in [4.78, 5) is 121. The Morgan fingerprint density at radius 2 is 0.576 bits per heavy atom. The van der Waals surface area contributed by atoms with Gasteiger partial charge in [-0.3, -0.25) is 14.4 Å². The first-order valence-electron chi connectivity index (χ1n) is 28.9. The van der Waals surface area contributed by atoms with E-state index in [1.807, 2.05) is 13.8 Å². The number of carboxylic acids is 3. The summed E-state index contributed by atoms with van der Waals surface area (Å²) >= 11 is 0. The van der Waals surface area contributed by atoms with E-state index in [1.165, 1.54) is 13.8 Å². The molecule has 10 heterocycles. The number of allylic oxidation sites excluding steroid dienone is 3. The number of hydrogen-bond donors (Lipinski definition) is 6. The molecular formula is C59H74O33. The van der Waals surface area contributed by atoms with E-state index >= 15 is 0 Å². The maximum atomic E-state index is 11.6. The number of rotatable bonds is 19. The number of hydrogen-bond acceptors (Lipinski definition) is 30. The third-order valence-electron chi connectivity index (χ3n) is 14.7. The number of carbonyl (C=O) groups excluding carboxylic acids is 8. The number of aliphatic hydroxyl groups is 3. The molecular weight excluding hydrogens is 1240 g/mol. The van der Waals surface area contributed by atoms with Crippen molar-refractivity contribution in [2.45, 2.75) is 150 Å². The monoisotopic (exact) mass is 1310 g/mol. The summed E-state index contributed by atoms with van der Waals surface area (Å²) in [6.07, 6.45) is 1.29. The molecule has 0 bridgehead atoms. The van der Waals surface area contributed by atoms with Crippen LogP contribution in [0.5, 0.6) is 0 Å². The Bertz CT molecular complexity index is 2590. The fourth-order valence-electron chi connectivity index (χ4n) is 10.4. The van der Waals surface area contributed by atoms with Crippen LogP contribution in [0.3, 0.4) is 0 Å². The van der Waals surface area contributed by atoms with E-state index in [4.69, 9.17) is 96.2 Å². The van der Waals surface area contributed by atoms with Crippen molar-refractivity contribution in [1.82, 2.24) is 0 Å². The van der Waals surface area contributed by atoms with Crippen LogP contribution in [0.25, 0.3) is 0 Å². The van der Waals surface area contributed by atoms with Crippen molar-refractivity contribution in [3.05, 3.63) is 73.1 Å². The minimum absolute atomic E-state index is 0.0312. The second-order valence-electron chi connectivity index (χ2n) is 21.9. The maximum absolute atomic E-state index is 11.6. The van der Waals surface area contributed by atoms with Crippen molar-refractivity contribution in [1.29, 1.82) is 0 Å². The van der Waals surface area contributed by atoms with Crippen molar-refractivity contribution in [2.75, 3.05) is 66.1 Å². The maximum Gasteiger partial charge on any atom is 0.331 e. The molecule has 0 aromatic rings. The number of carbonyl (C=O) groups is 11. The molecule has 33 heteroatoms. The number of esters is 6. The molecule has 6 N–H and O–H groups in total. The lowest BCUT2D eigenvalue weighted by Gasteiger charge is -2.16. The SMILES string of the molecule is C=C(O)CCC(=O)O[C@@H]1CO[C@H]2[C@@H]1OC[C@H]2O.CC(=O)/C=C/C(=O)O[C@@H]1CO[C@H]2[C@@H]1OC[C@H]2O.CC(=O)/C=C/C(=O)O[C@@H]1CO[C@H]2[C@@H]1OC[C@H]2OC(=O)/C=C/C(=O)O.C[C@@H]1CO[C@H]2[C@@H]1OC[C@H]2OC(=O)/C=C/C(=O)O.C[C@@H]1CO[C@H]2[C@@H]1OC[C@H]2OC(=O)/C=C/C(=O)O. The van der Waals surface area contributed by atoms with Crippen LogP contribution in [0.2, 0.25) is 0 Å². The normalized spacial score (nSPS) is 34.1. The molecule has 10 rings (SSSR count). The smallest absolute Gasteiger partial charge is 0.331 e. The molecule has 0 spiro atoms. The second kappa shape index (κ2) is 35.4. The Morgan fingerprint density at radius 1 is 0.337 bits per heavy atom. The molecule has 10 fully saturated rings. The van der Waals surface area contributed by atoms with Gasteiger partial charge in [0.2, 0.25) is 0 Å². The summed E-state index contributed by atoms with van der Waals surface area (Å²) in [5.41, 5.74) is 0. The third kappa shape index (κ3) is 22.3. The van der Waals surface area contributed by atoms with Gasteiger partial charge in [0.15, 0.2) is 48.2 Å². The predicted octanol–water partition coefficient (Wildman–Crippen LogP) is -1.55. The lowest BCUT2D eigenvalue weighted by atomic mass is 10.0. The van der Waals surface area contributed by atoms with Gasteiger partial charge in [0.25, 0.3) is 0 Å². The highest BCUT2D eigenvalue weighted by molar-refractivity contribution is 5.95. The van der Waals surface area contributed by atoms with Gasteiger partial charge in [0.1, 0.15) is 61.0 Å². The highest BCUT2D eigenvalue weighted by Gasteiger charge is 2.53. The van der Waals surface area contributed by atoms with E-state index in [0.29, 0.717) is 44.3 Å². The van der Waals surface area contributed by atoms with Crippen LogP contribution in [0.15, 0.2) is 73.1 Å². The summed E-state index contributed by atoms with van der Waals surface area (Å²) in [6, 6.07) is 0. The highest BCUT2D eigenvalue weighted by atomic mass is 16.7. The Morgan fingerprint density at radius 3 is 0.870 bits per heavy atom. The van der Waals surface area contributed by atoms with Gasteiger partial charge in [-0.1, -0.05) is 20.4 Å². The zero-order valence-corrected chi connectivity index (χ0v) is 50.2. The average molecular weight is 1310 g/mol. The van der Waals surface area contributed by atoms with Crippen LogP contribution in [0, 0.1) is 11.8 Å². The van der Waals surface area contributed by atoms with E-state index in [0.717, 1.165) is 54.7 Å². The van der Waals surface area contributed by atoms with Crippen molar-refractivity contribution in [3.8, 4) is 0 Å². The molecule has 10 saturated heterocycles. The first kappa shape index (κ1) is 73.4. The third-order valence-corrected chi connectivity index (χ3v) is 14.7. The lowest BCUT2D eigenvalue weighted by molar-refractivity contribution is -0.154. The van der Waals surface area contributed by atoms with E-state index in [9.17, 15) is 63.0 Å². The number of ether oxygens (including phenoxy) is 16. The molecule has 0 aliphatic carbocycles. The fraction of sp³-hybridized carbons (Fsp3) is 0.610. The van der Waals surface area contributed by atoms with Gasteiger partial charge >= 0.3 is 53.7 Å². The summed E-state index contributed by atoms with van der Waals surface area (Å²) in [5.74, 6) is -7.58. The van der Waals surface area contributed by atoms with Gasteiger partial charge < -0.3 is 106 Å². The lowest BCUT2D eigenvalue weighted by Crippen LogP contribution is -2.35. The van der Waals surface area contributed by atoms with Crippen LogP contribution in [0.4, 0.5) is 0 Å². The van der Waals surface area contributed by atoms with Gasteiger partial charge in [-0.2, -0.15) is 0 Å². The largest absolute Gasteiger partial charge is 0.513 e. The van der Waals surface area contributed by atoms with Gasteiger partial charge in [0.05, 0.1) is 90.5 Å². The zero-order chi connectivity index (χ0) is 67.3. The van der Waals surface area contributed by atoms with Crippen molar-refractivity contribution >= 4 is 65.3 Å². The minimum atomic E-state index is -1.27. The van der Waals surface area contributed by atoms with Gasteiger partial charge in [-0.25, -0.2) is 38.4 Å². The molecule has 20 atom stereocenters. The number of ketones is 2. The predicted molar refractivity (Wildman–Crippen MR) is 298 cm³/mol. The van der Waals surface area contributed by atoms with Crippen LogP contribution >= 0.6 is 0 Å². The van der Waals surface area contributed by atoms with Crippen LogP contribution in [-0.2, 0) is 129 Å². The molecule has 10 aliphatic rings. The molecule has 92 heavy (non-hydrogen) atoms. The second-order valence-corrected chi connectivity index (χ2v) is 21.9. The van der Waals surface area contributed by atoms with Gasteiger partial charge in [0, 0.05) is 66.9 Å². The molecule has 0 radical (unpaired) electrons. The highest BCUT2D eigenvalue weighted by Crippen LogP contribution is 2.35. The Hall–Kier alpha value is -7.67. The van der Waals surface area contributed by atoms with E-state index in [-0.39, 0.29) is 100 Å². The Labute approximate surface area is 524 Å². The summed E-state index contributed by atoms with van der Waals surface area (Å²) in [5, 5.41) is 53.0. The molecule has 0 saturated carbocycles. The summed E-state index contributed by atoms with van der Waals surface area (Å²) in [6.45, 7) is 12.7. The van der Waals surface area contributed by atoms with Crippen molar-refractivity contribution in [3.63, 3.8) is 0 Å². The fourth-order valence-corrected chi connectivity index (χ4v) is 10.4. The van der Waals surface area contributed by atoms with Crippen LogP contribution in [0.1, 0.15) is 40.5 Å². The number of aliphatic carboxylic acids is 3. The van der Waals surface area contributed by atoms with Crippen LogP contribution < -0.4 is 0 Å². The molecule has 0 amide bonds. The molecule has 0 aromatic heterocycles. The molecule has 0 aromatic carbocycles. The van der Waals surface area contributed by atoms with Crippen LogP contribution in [-0.4, -0.2) is 272 Å².